The first-order valence-electron chi connectivity index (χ1n) is 5.37. The largest absolute Gasteiger partial charge is 0.375 e. The number of Topliss-reactive ketones (excluding diaryl/α,β-unsaturated/α-hetero) is 1. The van der Waals surface area contributed by atoms with Gasteiger partial charge in [0.25, 0.3) is 0 Å². The number of rotatable bonds is 3. The fourth-order valence-electron chi connectivity index (χ4n) is 1.74. The first-order chi connectivity index (χ1) is 7.75. The van der Waals surface area contributed by atoms with Crippen LogP contribution in [0.3, 0.4) is 0 Å². The topological polar surface area (TPSA) is 38.3 Å². The normalized spacial score (nSPS) is 20.7. The van der Waals surface area contributed by atoms with Crippen LogP contribution in [0.5, 0.6) is 0 Å². The Balaban J connectivity index is 1.97. The molecule has 0 amide bonds. The lowest BCUT2D eigenvalue weighted by Crippen LogP contribution is -2.39. The van der Waals surface area contributed by atoms with Crippen LogP contribution in [0.25, 0.3) is 0 Å². The average molecular weight is 284 g/mol. The average Bonchev–Trinajstić information content (AvgIpc) is 2.30. The van der Waals surface area contributed by atoms with Gasteiger partial charge in [-0.15, -0.1) is 0 Å². The number of ether oxygens (including phenoxy) is 1. The van der Waals surface area contributed by atoms with Gasteiger partial charge in [-0.2, -0.15) is 0 Å². The number of morpholine rings is 1. The summed E-state index contributed by atoms with van der Waals surface area (Å²) in [5.74, 6) is 0.134. The minimum atomic E-state index is 0.0141. The highest BCUT2D eigenvalue weighted by Gasteiger charge is 2.18. The molecule has 2 rings (SSSR count). The summed E-state index contributed by atoms with van der Waals surface area (Å²) in [5, 5.41) is 3.22. The quantitative estimate of drug-likeness (QED) is 0.863. The molecule has 0 aliphatic carbocycles. The zero-order valence-electron chi connectivity index (χ0n) is 8.91. The molecule has 1 heterocycles. The molecule has 0 spiro atoms. The highest BCUT2D eigenvalue weighted by atomic mass is 79.9. The Morgan fingerprint density at radius 1 is 1.56 bits per heavy atom. The minimum absolute atomic E-state index is 0.0141. The molecule has 1 aliphatic rings. The zero-order valence-corrected chi connectivity index (χ0v) is 10.5. The number of ketones is 1. The molecule has 1 fully saturated rings. The van der Waals surface area contributed by atoms with Crippen LogP contribution in [0, 0.1) is 0 Å². The molecule has 0 aromatic heterocycles. The molecule has 1 aliphatic heterocycles. The van der Waals surface area contributed by atoms with Crippen molar-refractivity contribution in [3.63, 3.8) is 0 Å². The van der Waals surface area contributed by atoms with Crippen LogP contribution >= 0.6 is 15.9 Å². The van der Waals surface area contributed by atoms with Crippen molar-refractivity contribution in [2.75, 3.05) is 19.7 Å². The molecule has 4 heteroatoms. The third-order valence-electron chi connectivity index (χ3n) is 2.56. The molecule has 0 bridgehead atoms. The second-order valence-electron chi connectivity index (χ2n) is 3.83. The van der Waals surface area contributed by atoms with Gasteiger partial charge in [-0.05, 0) is 12.1 Å². The van der Waals surface area contributed by atoms with Crippen molar-refractivity contribution in [1.82, 2.24) is 5.32 Å². The smallest absolute Gasteiger partial charge is 0.165 e. The van der Waals surface area contributed by atoms with E-state index in [4.69, 9.17) is 4.74 Å². The molecule has 1 saturated heterocycles. The summed E-state index contributed by atoms with van der Waals surface area (Å²) in [4.78, 5) is 11.9. The van der Waals surface area contributed by atoms with E-state index in [-0.39, 0.29) is 11.9 Å². The van der Waals surface area contributed by atoms with Crippen LogP contribution < -0.4 is 5.32 Å². The molecule has 1 aromatic rings. The van der Waals surface area contributed by atoms with Crippen LogP contribution in [-0.2, 0) is 4.74 Å². The van der Waals surface area contributed by atoms with Gasteiger partial charge < -0.3 is 10.1 Å². The van der Waals surface area contributed by atoms with Crippen LogP contribution in [0.4, 0.5) is 0 Å². The van der Waals surface area contributed by atoms with Crippen LogP contribution in [0.2, 0.25) is 0 Å². The van der Waals surface area contributed by atoms with E-state index < -0.39 is 0 Å². The summed E-state index contributed by atoms with van der Waals surface area (Å²) < 4.78 is 6.44. The number of halogens is 1. The number of hydrogen-bond donors (Lipinski definition) is 1. The van der Waals surface area contributed by atoms with Crippen molar-refractivity contribution in [1.29, 1.82) is 0 Å². The Labute approximate surface area is 103 Å². The molecule has 16 heavy (non-hydrogen) atoms. The Morgan fingerprint density at radius 3 is 3.12 bits per heavy atom. The predicted octanol–water partition coefficient (Wildman–Crippen LogP) is 2.01. The maximum Gasteiger partial charge on any atom is 0.165 e. The minimum Gasteiger partial charge on any atom is -0.375 e. The molecule has 86 valence electrons. The fraction of sp³-hybridized carbons (Fsp3) is 0.417. The zero-order chi connectivity index (χ0) is 11.4. The van der Waals surface area contributed by atoms with Gasteiger partial charge in [0.05, 0.1) is 12.7 Å². The summed E-state index contributed by atoms with van der Waals surface area (Å²) >= 11 is 3.36. The molecule has 1 unspecified atom stereocenters. The summed E-state index contributed by atoms with van der Waals surface area (Å²) in [7, 11) is 0. The molecule has 3 nitrogen and oxygen atoms in total. The van der Waals surface area contributed by atoms with Gasteiger partial charge in [0, 0.05) is 29.5 Å². The van der Waals surface area contributed by atoms with Crippen molar-refractivity contribution < 1.29 is 9.53 Å². The SMILES string of the molecule is O=C(CC1CNCCO1)c1cccc(Br)c1. The summed E-state index contributed by atoms with van der Waals surface area (Å²) in [5.41, 5.74) is 0.739. The predicted molar refractivity (Wildman–Crippen MR) is 65.7 cm³/mol. The molecular formula is C12H14BrNO2. The molecule has 1 N–H and O–H groups in total. The standard InChI is InChI=1S/C12H14BrNO2/c13-10-3-1-2-9(6-10)12(15)7-11-8-14-4-5-16-11/h1-3,6,11,14H,4-5,7-8H2. The lowest BCUT2D eigenvalue weighted by Gasteiger charge is -2.22. The van der Waals surface area contributed by atoms with E-state index in [2.05, 4.69) is 21.2 Å². The highest BCUT2D eigenvalue weighted by molar-refractivity contribution is 9.10. The van der Waals surface area contributed by atoms with E-state index in [1.165, 1.54) is 0 Å². The first kappa shape index (κ1) is 11.8. The lowest BCUT2D eigenvalue weighted by atomic mass is 10.0. The number of benzene rings is 1. The summed E-state index contributed by atoms with van der Waals surface area (Å²) in [6.07, 6.45) is 0.462. The van der Waals surface area contributed by atoms with E-state index in [9.17, 15) is 4.79 Å². The van der Waals surface area contributed by atoms with Gasteiger partial charge in [0.1, 0.15) is 0 Å². The third-order valence-corrected chi connectivity index (χ3v) is 3.06. The van der Waals surface area contributed by atoms with Crippen molar-refractivity contribution in [3.05, 3.63) is 34.3 Å². The monoisotopic (exact) mass is 283 g/mol. The van der Waals surface area contributed by atoms with E-state index in [0.29, 0.717) is 13.0 Å². The van der Waals surface area contributed by atoms with Gasteiger partial charge in [0.2, 0.25) is 0 Å². The number of hydrogen-bond acceptors (Lipinski definition) is 3. The first-order valence-corrected chi connectivity index (χ1v) is 6.16. The molecule has 1 atom stereocenters. The Morgan fingerprint density at radius 2 is 2.44 bits per heavy atom. The van der Waals surface area contributed by atoms with Gasteiger partial charge in [-0.3, -0.25) is 4.79 Å². The lowest BCUT2D eigenvalue weighted by molar-refractivity contribution is 0.0240. The molecule has 0 saturated carbocycles. The molecular weight excluding hydrogens is 270 g/mol. The van der Waals surface area contributed by atoms with Crippen molar-refractivity contribution in [2.24, 2.45) is 0 Å². The highest BCUT2D eigenvalue weighted by Crippen LogP contribution is 2.14. The van der Waals surface area contributed by atoms with Crippen LogP contribution in [0.1, 0.15) is 16.8 Å². The van der Waals surface area contributed by atoms with Crippen LogP contribution in [-0.4, -0.2) is 31.6 Å². The van der Waals surface area contributed by atoms with Gasteiger partial charge in [-0.25, -0.2) is 0 Å². The second kappa shape index (κ2) is 5.57. The van der Waals surface area contributed by atoms with Gasteiger partial charge in [-0.1, -0.05) is 28.1 Å². The van der Waals surface area contributed by atoms with E-state index >= 15 is 0 Å². The Kier molecular flexibility index (Phi) is 4.09. The van der Waals surface area contributed by atoms with E-state index in [1.54, 1.807) is 0 Å². The van der Waals surface area contributed by atoms with Crippen molar-refractivity contribution in [3.8, 4) is 0 Å². The van der Waals surface area contributed by atoms with Crippen molar-refractivity contribution in [2.45, 2.75) is 12.5 Å². The Bertz CT molecular complexity index is 375. The maximum atomic E-state index is 11.9. The van der Waals surface area contributed by atoms with E-state index in [1.807, 2.05) is 24.3 Å². The maximum absolute atomic E-state index is 11.9. The number of nitrogens with one attached hydrogen (secondary N) is 1. The van der Waals surface area contributed by atoms with Crippen LogP contribution in [0.15, 0.2) is 28.7 Å². The number of carbonyl (C=O) groups is 1. The fourth-order valence-corrected chi connectivity index (χ4v) is 2.14. The Hall–Kier alpha value is -0.710. The molecule has 1 aromatic carbocycles. The third kappa shape index (κ3) is 3.14. The second-order valence-corrected chi connectivity index (χ2v) is 4.75. The van der Waals surface area contributed by atoms with E-state index in [0.717, 1.165) is 23.1 Å². The van der Waals surface area contributed by atoms with Crippen molar-refractivity contribution >= 4 is 21.7 Å². The summed E-state index contributed by atoms with van der Waals surface area (Å²) in [6.45, 7) is 2.33. The number of carbonyl (C=O) groups excluding carboxylic acids is 1. The van der Waals surface area contributed by atoms with Gasteiger partial charge >= 0.3 is 0 Å². The summed E-state index contributed by atoms with van der Waals surface area (Å²) in [6, 6.07) is 7.47. The van der Waals surface area contributed by atoms with Gasteiger partial charge in [0.15, 0.2) is 5.78 Å². The molecule has 0 radical (unpaired) electrons.